The molecule has 1 rings (SSSR count). The zero-order chi connectivity index (χ0) is 61.7. The summed E-state index contributed by atoms with van der Waals surface area (Å²) in [6.45, 7) is 5.83. The number of unbranched alkanes of at least 4 members (excludes halogenated alkanes) is 25. The van der Waals surface area contributed by atoms with E-state index in [0.717, 1.165) is 173 Å². The molecular formula is C73H120O12. The number of rotatable bonds is 57. The van der Waals surface area contributed by atoms with E-state index in [0.29, 0.717) is 19.3 Å². The smallest absolute Gasteiger partial charge is 0.335 e. The van der Waals surface area contributed by atoms with Gasteiger partial charge in [-0.2, -0.15) is 0 Å². The number of aliphatic hydroxyl groups excluding tert-OH is 2. The number of carboxylic acid groups (broad SMARTS) is 1. The number of ether oxygens (including phenoxy) is 5. The topological polar surface area (TPSA) is 175 Å². The summed E-state index contributed by atoms with van der Waals surface area (Å²) in [5.41, 5.74) is 0. The van der Waals surface area contributed by atoms with Gasteiger partial charge in [-0.3, -0.25) is 14.4 Å². The average Bonchev–Trinajstić information content (AvgIpc) is 3.53. The van der Waals surface area contributed by atoms with Crippen molar-refractivity contribution in [1.29, 1.82) is 0 Å². The zero-order valence-corrected chi connectivity index (χ0v) is 53.6. The van der Waals surface area contributed by atoms with E-state index >= 15 is 0 Å². The number of hydrogen-bond acceptors (Lipinski definition) is 11. The summed E-state index contributed by atoms with van der Waals surface area (Å²) in [6.07, 6.45) is 68.8. The highest BCUT2D eigenvalue weighted by molar-refractivity contribution is 5.74. The monoisotopic (exact) mass is 1190 g/mol. The van der Waals surface area contributed by atoms with Crippen LogP contribution < -0.4 is 0 Å². The lowest BCUT2D eigenvalue weighted by molar-refractivity contribution is -0.301. The predicted molar refractivity (Wildman–Crippen MR) is 349 cm³/mol. The first-order valence-corrected chi connectivity index (χ1v) is 33.9. The molecule has 0 amide bonds. The molecule has 3 N–H and O–H groups in total. The van der Waals surface area contributed by atoms with Gasteiger partial charge in [-0.1, -0.05) is 239 Å². The van der Waals surface area contributed by atoms with Gasteiger partial charge >= 0.3 is 23.9 Å². The molecule has 12 heteroatoms. The van der Waals surface area contributed by atoms with Crippen LogP contribution in [0.2, 0.25) is 0 Å². The number of allylic oxidation sites excluding steroid dienone is 18. The van der Waals surface area contributed by atoms with Crippen LogP contribution in [0.25, 0.3) is 0 Å². The van der Waals surface area contributed by atoms with Crippen molar-refractivity contribution in [1.82, 2.24) is 0 Å². The highest BCUT2D eigenvalue weighted by atomic mass is 16.7. The lowest BCUT2D eigenvalue weighted by Crippen LogP contribution is -2.61. The maximum absolute atomic E-state index is 13.2. The van der Waals surface area contributed by atoms with Crippen LogP contribution in [0.3, 0.4) is 0 Å². The van der Waals surface area contributed by atoms with Crippen LogP contribution in [0.5, 0.6) is 0 Å². The van der Waals surface area contributed by atoms with Gasteiger partial charge in [0.05, 0.1) is 6.61 Å². The summed E-state index contributed by atoms with van der Waals surface area (Å²) in [7, 11) is 0. The van der Waals surface area contributed by atoms with Gasteiger partial charge in [-0.25, -0.2) is 4.79 Å². The third-order valence-electron chi connectivity index (χ3n) is 14.8. The summed E-state index contributed by atoms with van der Waals surface area (Å²) in [5, 5.41) is 31.6. The number of carbonyl (C=O) groups is 4. The van der Waals surface area contributed by atoms with Crippen LogP contribution in [0.15, 0.2) is 109 Å². The average molecular weight is 1190 g/mol. The number of carboxylic acids is 1. The fourth-order valence-electron chi connectivity index (χ4n) is 9.63. The SMILES string of the molecule is CC/C=C\C/C=C\C/C=C\CCCCCCCCCC(=O)OC(COC(=O)CCCCCCCC/C=C\C/C=C\C/C=C\CCCCC)COC1OC(C(=O)O)C(O)C(O)C1OC(=O)CCCCCCCC/C=C\C/C=C\C/C=C\CCCCC. The van der Waals surface area contributed by atoms with Crippen LogP contribution >= 0.6 is 0 Å². The summed E-state index contributed by atoms with van der Waals surface area (Å²) in [5.74, 6) is -3.17. The van der Waals surface area contributed by atoms with Crippen LogP contribution in [0.1, 0.15) is 278 Å². The number of carbonyl (C=O) groups excluding carboxylic acids is 3. The molecule has 12 nitrogen and oxygen atoms in total. The molecule has 1 aliphatic heterocycles. The first kappa shape index (κ1) is 78.4. The largest absolute Gasteiger partial charge is 0.479 e. The Morgan fingerprint density at radius 2 is 0.741 bits per heavy atom. The minimum Gasteiger partial charge on any atom is -0.479 e. The number of aliphatic hydroxyl groups is 2. The molecule has 6 atom stereocenters. The molecule has 0 aromatic carbocycles. The fourth-order valence-corrected chi connectivity index (χ4v) is 9.63. The second-order valence-corrected chi connectivity index (χ2v) is 22.7. The second kappa shape index (κ2) is 59.7. The molecule has 0 aromatic rings. The minimum atomic E-state index is -1.92. The molecule has 0 bridgehead atoms. The molecule has 0 saturated carbocycles. The lowest BCUT2D eigenvalue weighted by Gasteiger charge is -2.40. The third kappa shape index (κ3) is 49.1. The van der Waals surface area contributed by atoms with Gasteiger partial charge in [0.2, 0.25) is 0 Å². The van der Waals surface area contributed by atoms with E-state index < -0.39 is 67.3 Å². The Labute approximate surface area is 516 Å². The van der Waals surface area contributed by atoms with Crippen molar-refractivity contribution in [2.45, 2.75) is 314 Å². The van der Waals surface area contributed by atoms with Gasteiger partial charge in [0.1, 0.15) is 18.8 Å². The van der Waals surface area contributed by atoms with Gasteiger partial charge in [0, 0.05) is 19.3 Å². The van der Waals surface area contributed by atoms with Gasteiger partial charge in [0.25, 0.3) is 0 Å². The molecule has 85 heavy (non-hydrogen) atoms. The maximum Gasteiger partial charge on any atom is 0.335 e. The molecular weight excluding hydrogens is 1070 g/mol. The van der Waals surface area contributed by atoms with Crippen LogP contribution in [-0.2, 0) is 42.9 Å². The van der Waals surface area contributed by atoms with E-state index in [9.17, 15) is 34.5 Å². The van der Waals surface area contributed by atoms with E-state index in [1.165, 1.54) is 44.9 Å². The van der Waals surface area contributed by atoms with Gasteiger partial charge in [-0.05, 0) is 128 Å². The lowest BCUT2D eigenvalue weighted by atomic mass is 9.98. The van der Waals surface area contributed by atoms with Crippen molar-refractivity contribution in [3.05, 3.63) is 109 Å². The van der Waals surface area contributed by atoms with Crippen molar-refractivity contribution in [3.63, 3.8) is 0 Å². The van der Waals surface area contributed by atoms with E-state index in [-0.39, 0.29) is 25.9 Å². The van der Waals surface area contributed by atoms with Crippen molar-refractivity contribution in [2.75, 3.05) is 13.2 Å². The summed E-state index contributed by atoms with van der Waals surface area (Å²) in [4.78, 5) is 51.4. The Hall–Kier alpha value is -4.62. The second-order valence-electron chi connectivity index (χ2n) is 22.7. The van der Waals surface area contributed by atoms with Crippen LogP contribution in [0.4, 0.5) is 0 Å². The fraction of sp³-hybridized carbons (Fsp3) is 0.699. The predicted octanol–water partition coefficient (Wildman–Crippen LogP) is 18.6. The Bertz CT molecular complexity index is 1890. The van der Waals surface area contributed by atoms with Crippen LogP contribution in [0, 0.1) is 0 Å². The summed E-state index contributed by atoms with van der Waals surface area (Å²) in [6, 6.07) is 0. The molecule has 1 saturated heterocycles. The van der Waals surface area contributed by atoms with E-state index in [2.05, 4.69) is 130 Å². The van der Waals surface area contributed by atoms with E-state index in [1.54, 1.807) is 0 Å². The third-order valence-corrected chi connectivity index (χ3v) is 14.8. The first-order chi connectivity index (χ1) is 41.6. The maximum atomic E-state index is 13.2. The molecule has 0 aromatic heterocycles. The molecule has 0 spiro atoms. The molecule has 0 radical (unpaired) electrons. The standard InChI is InChI=1S/C73H120O12/c1-4-7-10-13-16-19-22-25-28-31-33-36-38-41-44-47-50-53-56-59-65(74)81-62-64(83-66(75)60-57-54-51-48-45-42-39-35-30-27-24-21-18-15-12-9-6-3)63-82-73-71(69(78)68(77)70(85-73)72(79)80)84-67(76)61-58-55-52-49-46-43-40-37-34-32-29-26-23-20-17-14-11-8-5-2/h9,12,16-21,25-30,33-34,36-37,64,68-71,73,77-78H,4-8,10-11,13-15,22-24,31-32,35,38-63H2,1-3H3,(H,79,80)/b12-9-,19-16-,20-17-,21-18-,28-25-,29-26-,30-27-,36-33-,37-34-. The van der Waals surface area contributed by atoms with E-state index in [1.807, 2.05) is 0 Å². The highest BCUT2D eigenvalue weighted by Crippen LogP contribution is 2.27. The quantitative estimate of drug-likeness (QED) is 0.0228. The molecule has 0 aliphatic carbocycles. The van der Waals surface area contributed by atoms with Crippen molar-refractivity contribution in [2.24, 2.45) is 0 Å². The molecule has 1 aliphatic rings. The number of aliphatic carboxylic acids is 1. The molecule has 1 fully saturated rings. The highest BCUT2D eigenvalue weighted by Gasteiger charge is 2.50. The minimum absolute atomic E-state index is 0.0388. The van der Waals surface area contributed by atoms with Crippen molar-refractivity contribution in [3.8, 4) is 0 Å². The van der Waals surface area contributed by atoms with Gasteiger partial charge in [0.15, 0.2) is 24.6 Å². The molecule has 6 unspecified atom stereocenters. The number of hydrogen-bond donors (Lipinski definition) is 3. The van der Waals surface area contributed by atoms with Crippen molar-refractivity contribution < 1.29 is 58.2 Å². The summed E-state index contributed by atoms with van der Waals surface area (Å²) >= 11 is 0. The normalized spacial score (nSPS) is 18.2. The molecule has 1 heterocycles. The Morgan fingerprint density at radius 3 is 1.13 bits per heavy atom. The number of esters is 3. The van der Waals surface area contributed by atoms with Gasteiger partial charge in [-0.15, -0.1) is 0 Å². The Kier molecular flexibility index (Phi) is 55.1. The van der Waals surface area contributed by atoms with Crippen LogP contribution in [-0.4, -0.2) is 89.2 Å². The van der Waals surface area contributed by atoms with Gasteiger partial charge < -0.3 is 39.0 Å². The van der Waals surface area contributed by atoms with E-state index in [4.69, 9.17) is 23.7 Å². The molecule has 484 valence electrons. The first-order valence-electron chi connectivity index (χ1n) is 33.9. The Morgan fingerprint density at radius 1 is 0.400 bits per heavy atom. The Balaban J connectivity index is 2.68. The summed E-state index contributed by atoms with van der Waals surface area (Å²) < 4.78 is 28.6. The zero-order valence-electron chi connectivity index (χ0n) is 53.6. The van der Waals surface area contributed by atoms with Crippen molar-refractivity contribution >= 4 is 23.9 Å².